The number of amides is 1. The molecule has 2 aliphatic heterocycles. The van der Waals surface area contributed by atoms with Gasteiger partial charge in [-0.25, -0.2) is 0 Å². The summed E-state index contributed by atoms with van der Waals surface area (Å²) in [6.45, 7) is 3.49. The van der Waals surface area contributed by atoms with Crippen LogP contribution < -0.4 is 5.32 Å². The molecule has 6 heteroatoms. The molecule has 2 aromatic rings. The molecule has 2 atom stereocenters. The van der Waals surface area contributed by atoms with Crippen LogP contribution in [0.3, 0.4) is 0 Å². The van der Waals surface area contributed by atoms with Crippen LogP contribution in [0.25, 0.3) is 10.9 Å². The highest BCUT2D eigenvalue weighted by atomic mass is 16.5. The van der Waals surface area contributed by atoms with Gasteiger partial charge in [-0.15, -0.1) is 0 Å². The van der Waals surface area contributed by atoms with Crippen LogP contribution in [-0.4, -0.2) is 42.0 Å². The number of hydrogen-bond donors (Lipinski definition) is 2. The van der Waals surface area contributed by atoms with Crippen LogP contribution in [0.2, 0.25) is 0 Å². The average Bonchev–Trinajstić information content (AvgIpc) is 2.97. The summed E-state index contributed by atoms with van der Waals surface area (Å²) in [5, 5.41) is 4.00. The van der Waals surface area contributed by atoms with Crippen molar-refractivity contribution in [2.75, 3.05) is 25.5 Å². The highest BCUT2D eigenvalue weighted by Crippen LogP contribution is 2.43. The Morgan fingerprint density at radius 1 is 1.32 bits per heavy atom. The molecule has 1 fully saturated rings. The molecule has 3 heterocycles. The summed E-state index contributed by atoms with van der Waals surface area (Å²) in [5.41, 5.74) is 4.22. The topological polar surface area (TPSA) is 74.4 Å². The van der Waals surface area contributed by atoms with Gasteiger partial charge in [0.25, 0.3) is 0 Å². The molecule has 0 saturated carbocycles. The number of aromatic nitrogens is 1. The normalized spacial score (nSPS) is 23.0. The summed E-state index contributed by atoms with van der Waals surface area (Å²) in [6.07, 6.45) is 2.86. The van der Waals surface area contributed by atoms with Gasteiger partial charge in [0, 0.05) is 35.8 Å². The van der Waals surface area contributed by atoms with E-state index in [1.54, 1.807) is 0 Å². The van der Waals surface area contributed by atoms with Gasteiger partial charge in [0.05, 0.1) is 19.1 Å². The van der Waals surface area contributed by atoms with Crippen molar-refractivity contribution in [1.29, 1.82) is 0 Å². The lowest BCUT2D eigenvalue weighted by Crippen LogP contribution is -2.45. The first-order valence-corrected chi connectivity index (χ1v) is 8.82. The van der Waals surface area contributed by atoms with Crippen molar-refractivity contribution in [3.63, 3.8) is 0 Å². The van der Waals surface area contributed by atoms with Gasteiger partial charge in [0.15, 0.2) is 0 Å². The lowest BCUT2D eigenvalue weighted by molar-refractivity contribution is -0.150. The smallest absolute Gasteiger partial charge is 0.310 e. The number of nitrogens with zero attached hydrogens (tertiary/aromatic N) is 1. The van der Waals surface area contributed by atoms with Crippen molar-refractivity contribution < 1.29 is 14.3 Å². The standard InChI is InChI=1S/C19H23N3O3/c1-11(23)20-12-5-6-13-14-7-9-22-8-3-4-15(19(24)25-2)18(22)17(14)21-16(13)10-12/h5-6,10,15,18,21H,3-4,7-9H2,1-2H3,(H,20,23)/t15-,18-/m0/s1. The fourth-order valence-electron chi connectivity index (χ4n) is 4.43. The Kier molecular flexibility index (Phi) is 4.00. The quantitative estimate of drug-likeness (QED) is 0.824. The van der Waals surface area contributed by atoms with Gasteiger partial charge < -0.3 is 15.0 Å². The Labute approximate surface area is 146 Å². The molecular formula is C19H23N3O3. The van der Waals surface area contributed by atoms with E-state index in [1.165, 1.54) is 25.0 Å². The number of nitrogens with one attached hydrogen (secondary N) is 2. The maximum Gasteiger partial charge on any atom is 0.310 e. The molecule has 1 amide bonds. The molecule has 1 aromatic heterocycles. The van der Waals surface area contributed by atoms with Crippen molar-refractivity contribution in [2.24, 2.45) is 5.92 Å². The Morgan fingerprint density at radius 3 is 2.92 bits per heavy atom. The summed E-state index contributed by atoms with van der Waals surface area (Å²) in [6, 6.07) is 6.02. The second-order valence-electron chi connectivity index (χ2n) is 6.96. The molecular weight excluding hydrogens is 318 g/mol. The number of hydrogen-bond acceptors (Lipinski definition) is 4. The molecule has 2 aliphatic rings. The van der Waals surface area contributed by atoms with E-state index in [0.717, 1.165) is 49.2 Å². The van der Waals surface area contributed by atoms with E-state index in [2.05, 4.69) is 21.3 Å². The lowest BCUT2D eigenvalue weighted by Gasteiger charge is -2.42. The predicted molar refractivity (Wildman–Crippen MR) is 95.4 cm³/mol. The third kappa shape index (κ3) is 2.70. The maximum absolute atomic E-state index is 12.3. The van der Waals surface area contributed by atoms with E-state index in [4.69, 9.17) is 4.74 Å². The number of ether oxygens (including phenoxy) is 1. The Bertz CT molecular complexity index is 842. The zero-order valence-electron chi connectivity index (χ0n) is 14.6. The maximum atomic E-state index is 12.3. The van der Waals surface area contributed by atoms with Crippen LogP contribution in [0, 0.1) is 5.92 Å². The van der Waals surface area contributed by atoms with Crippen LogP contribution in [-0.2, 0) is 20.7 Å². The number of esters is 1. The van der Waals surface area contributed by atoms with E-state index >= 15 is 0 Å². The number of rotatable bonds is 2. The molecule has 6 nitrogen and oxygen atoms in total. The number of fused-ring (bicyclic) bond motifs is 5. The average molecular weight is 341 g/mol. The van der Waals surface area contributed by atoms with Crippen molar-refractivity contribution >= 4 is 28.5 Å². The van der Waals surface area contributed by atoms with Gasteiger partial charge >= 0.3 is 5.97 Å². The monoisotopic (exact) mass is 341 g/mol. The minimum atomic E-state index is -0.125. The van der Waals surface area contributed by atoms with Gasteiger partial charge in [-0.05, 0) is 43.5 Å². The minimum Gasteiger partial charge on any atom is -0.469 e. The Hall–Kier alpha value is -2.34. The third-order valence-electron chi connectivity index (χ3n) is 5.44. The van der Waals surface area contributed by atoms with Crippen LogP contribution >= 0.6 is 0 Å². The summed E-state index contributed by atoms with van der Waals surface area (Å²) < 4.78 is 5.06. The second kappa shape index (κ2) is 6.19. The molecule has 0 bridgehead atoms. The van der Waals surface area contributed by atoms with Crippen molar-refractivity contribution in [3.8, 4) is 0 Å². The molecule has 132 valence electrons. The molecule has 25 heavy (non-hydrogen) atoms. The SMILES string of the molecule is COC(=O)[C@H]1CCCN2CCc3c([nH]c4cc(NC(C)=O)ccc34)[C@H]12. The Balaban J connectivity index is 1.78. The number of aromatic amines is 1. The van der Waals surface area contributed by atoms with Crippen molar-refractivity contribution in [3.05, 3.63) is 29.5 Å². The van der Waals surface area contributed by atoms with Gasteiger partial charge in [-0.2, -0.15) is 0 Å². The van der Waals surface area contributed by atoms with E-state index in [0.29, 0.717) is 0 Å². The van der Waals surface area contributed by atoms with E-state index in [-0.39, 0.29) is 23.8 Å². The van der Waals surface area contributed by atoms with E-state index in [1.807, 2.05) is 12.1 Å². The summed E-state index contributed by atoms with van der Waals surface area (Å²) >= 11 is 0. The molecule has 1 aromatic carbocycles. The predicted octanol–water partition coefficient (Wildman–Crippen LogP) is 2.61. The molecule has 0 spiro atoms. The van der Waals surface area contributed by atoms with E-state index < -0.39 is 0 Å². The fourth-order valence-corrected chi connectivity index (χ4v) is 4.43. The van der Waals surface area contributed by atoms with Crippen LogP contribution in [0.1, 0.15) is 37.1 Å². The Morgan fingerprint density at radius 2 is 2.16 bits per heavy atom. The summed E-state index contributed by atoms with van der Waals surface area (Å²) in [5.74, 6) is -0.333. The van der Waals surface area contributed by atoms with Gasteiger partial charge in [-0.3, -0.25) is 14.5 Å². The zero-order valence-corrected chi connectivity index (χ0v) is 14.6. The number of carbonyl (C=O) groups is 2. The lowest BCUT2D eigenvalue weighted by atomic mass is 9.82. The molecule has 0 radical (unpaired) electrons. The first kappa shape index (κ1) is 16.1. The molecule has 4 rings (SSSR count). The minimum absolute atomic E-state index is 0.0570. The molecule has 1 saturated heterocycles. The van der Waals surface area contributed by atoms with Gasteiger partial charge in [0.1, 0.15) is 0 Å². The number of anilines is 1. The highest BCUT2D eigenvalue weighted by Gasteiger charge is 2.42. The van der Waals surface area contributed by atoms with Crippen LogP contribution in [0.5, 0.6) is 0 Å². The third-order valence-corrected chi connectivity index (χ3v) is 5.44. The van der Waals surface area contributed by atoms with Gasteiger partial charge in [-0.1, -0.05) is 6.07 Å². The van der Waals surface area contributed by atoms with Crippen molar-refractivity contribution in [2.45, 2.75) is 32.2 Å². The molecule has 2 N–H and O–H groups in total. The number of H-pyrrole nitrogens is 1. The zero-order chi connectivity index (χ0) is 17.6. The molecule has 0 aliphatic carbocycles. The number of methoxy groups -OCH3 is 1. The highest BCUT2D eigenvalue weighted by molar-refractivity contribution is 5.94. The largest absolute Gasteiger partial charge is 0.469 e. The summed E-state index contributed by atoms with van der Waals surface area (Å²) in [4.78, 5) is 29.6. The first-order valence-electron chi connectivity index (χ1n) is 8.82. The second-order valence-corrected chi connectivity index (χ2v) is 6.96. The van der Waals surface area contributed by atoms with E-state index in [9.17, 15) is 9.59 Å². The number of benzene rings is 1. The first-order chi connectivity index (χ1) is 12.1. The molecule has 0 unspecified atom stereocenters. The van der Waals surface area contributed by atoms with Gasteiger partial charge in [0.2, 0.25) is 5.91 Å². The fraction of sp³-hybridized carbons (Fsp3) is 0.474. The summed E-state index contributed by atoms with van der Waals surface area (Å²) in [7, 11) is 1.47. The number of piperidine rings is 1. The van der Waals surface area contributed by atoms with Crippen LogP contribution in [0.15, 0.2) is 18.2 Å². The van der Waals surface area contributed by atoms with Crippen LogP contribution in [0.4, 0.5) is 5.69 Å². The van der Waals surface area contributed by atoms with Crippen molar-refractivity contribution in [1.82, 2.24) is 9.88 Å². The number of carbonyl (C=O) groups excluding carboxylic acids is 2.